The topological polar surface area (TPSA) is 102 Å². The lowest BCUT2D eigenvalue weighted by Crippen LogP contribution is -2.29. The first-order chi connectivity index (χ1) is 15.5. The molecule has 0 radical (unpaired) electrons. The highest BCUT2D eigenvalue weighted by atomic mass is 16.6. The molecule has 0 atom stereocenters. The predicted molar refractivity (Wildman–Crippen MR) is 116 cm³/mol. The van der Waals surface area contributed by atoms with Gasteiger partial charge >= 0.3 is 5.97 Å². The lowest BCUT2D eigenvalue weighted by molar-refractivity contribution is -0.142. The minimum absolute atomic E-state index is 0.207. The van der Waals surface area contributed by atoms with E-state index in [0.717, 1.165) is 4.90 Å². The van der Waals surface area contributed by atoms with Gasteiger partial charge in [-0.1, -0.05) is 12.1 Å². The molecule has 0 spiro atoms. The van der Waals surface area contributed by atoms with Crippen LogP contribution in [-0.4, -0.2) is 37.4 Å². The molecule has 0 aliphatic carbocycles. The van der Waals surface area contributed by atoms with Crippen LogP contribution in [0.2, 0.25) is 0 Å². The zero-order valence-corrected chi connectivity index (χ0v) is 17.0. The van der Waals surface area contributed by atoms with Crippen LogP contribution in [0.15, 0.2) is 72.8 Å². The van der Waals surface area contributed by atoms with Gasteiger partial charge in [0.25, 0.3) is 17.7 Å². The molecule has 3 amide bonds. The van der Waals surface area contributed by atoms with E-state index in [-0.39, 0.29) is 12.5 Å². The molecule has 3 aromatic carbocycles. The summed E-state index contributed by atoms with van der Waals surface area (Å²) in [5, 5.41) is 2.75. The number of nitrogens with one attached hydrogen (secondary N) is 1. The summed E-state index contributed by atoms with van der Waals surface area (Å²) < 4.78 is 9.76. The van der Waals surface area contributed by atoms with Gasteiger partial charge in [-0.3, -0.25) is 14.4 Å². The van der Waals surface area contributed by atoms with Crippen LogP contribution >= 0.6 is 0 Å². The monoisotopic (exact) mass is 430 g/mol. The van der Waals surface area contributed by atoms with Crippen molar-refractivity contribution in [2.45, 2.75) is 0 Å². The number of imide groups is 1. The molecule has 4 rings (SSSR count). The van der Waals surface area contributed by atoms with Crippen molar-refractivity contribution in [1.82, 2.24) is 0 Å². The normalized spacial score (nSPS) is 12.3. The molecule has 8 nitrogen and oxygen atoms in total. The molecule has 0 saturated carbocycles. The molecule has 0 fully saturated rings. The van der Waals surface area contributed by atoms with Gasteiger partial charge in [-0.05, 0) is 60.7 Å². The summed E-state index contributed by atoms with van der Waals surface area (Å²) in [5.74, 6) is -1.18. The number of benzene rings is 3. The average molecular weight is 430 g/mol. The van der Waals surface area contributed by atoms with E-state index in [2.05, 4.69) is 10.1 Å². The molecule has 1 aliphatic heterocycles. The molecule has 0 unspecified atom stereocenters. The van der Waals surface area contributed by atoms with Crippen LogP contribution in [-0.2, 0) is 9.53 Å². The van der Waals surface area contributed by atoms with Crippen molar-refractivity contribution in [2.75, 3.05) is 23.9 Å². The van der Waals surface area contributed by atoms with Crippen LogP contribution in [0.25, 0.3) is 0 Å². The van der Waals surface area contributed by atoms with Crippen molar-refractivity contribution in [3.8, 4) is 5.75 Å². The van der Waals surface area contributed by atoms with Crippen molar-refractivity contribution in [2.24, 2.45) is 0 Å². The number of hydrogen-bond donors (Lipinski definition) is 1. The lowest BCUT2D eigenvalue weighted by Gasteiger charge is -2.14. The SMILES string of the molecule is COC(=O)COc1ccc(NC(=O)c2ccc(N3C(=O)c4ccccc4C3=O)cc2)cc1. The van der Waals surface area contributed by atoms with Crippen LogP contribution in [0.1, 0.15) is 31.1 Å². The van der Waals surface area contributed by atoms with Gasteiger partial charge in [-0.25, -0.2) is 9.69 Å². The Kier molecular flexibility index (Phi) is 5.67. The summed E-state index contributed by atoms with van der Waals surface area (Å²) in [7, 11) is 1.27. The average Bonchev–Trinajstić information content (AvgIpc) is 3.08. The van der Waals surface area contributed by atoms with Gasteiger partial charge in [0, 0.05) is 11.3 Å². The van der Waals surface area contributed by atoms with Gasteiger partial charge in [0.15, 0.2) is 6.61 Å². The summed E-state index contributed by atoms with van der Waals surface area (Å²) in [5.41, 5.74) is 2.00. The maximum Gasteiger partial charge on any atom is 0.343 e. The Morgan fingerprint density at radius 3 is 2.00 bits per heavy atom. The third kappa shape index (κ3) is 4.06. The number of fused-ring (bicyclic) bond motifs is 1. The number of hydrogen-bond acceptors (Lipinski definition) is 6. The van der Waals surface area contributed by atoms with E-state index in [1.54, 1.807) is 72.8 Å². The Morgan fingerprint density at radius 1 is 0.844 bits per heavy atom. The second kappa shape index (κ2) is 8.73. The molecule has 160 valence electrons. The van der Waals surface area contributed by atoms with E-state index in [9.17, 15) is 19.2 Å². The number of anilines is 2. The molecular weight excluding hydrogens is 412 g/mol. The van der Waals surface area contributed by atoms with E-state index in [1.807, 2.05) is 0 Å². The van der Waals surface area contributed by atoms with Crippen LogP contribution in [0, 0.1) is 0 Å². The van der Waals surface area contributed by atoms with Gasteiger partial charge in [-0.15, -0.1) is 0 Å². The van der Waals surface area contributed by atoms with E-state index >= 15 is 0 Å². The van der Waals surface area contributed by atoms with E-state index in [0.29, 0.717) is 33.8 Å². The molecule has 0 saturated heterocycles. The maximum atomic E-state index is 12.6. The highest BCUT2D eigenvalue weighted by Gasteiger charge is 2.36. The fourth-order valence-corrected chi connectivity index (χ4v) is 3.22. The third-order valence-corrected chi connectivity index (χ3v) is 4.88. The lowest BCUT2D eigenvalue weighted by atomic mass is 10.1. The molecule has 0 bridgehead atoms. The van der Waals surface area contributed by atoms with Crippen LogP contribution < -0.4 is 15.0 Å². The summed E-state index contributed by atoms with van der Waals surface area (Å²) >= 11 is 0. The Hall–Kier alpha value is -4.46. The smallest absolute Gasteiger partial charge is 0.343 e. The Morgan fingerprint density at radius 2 is 1.44 bits per heavy atom. The first kappa shape index (κ1) is 20.8. The highest BCUT2D eigenvalue weighted by molar-refractivity contribution is 6.34. The van der Waals surface area contributed by atoms with Crippen molar-refractivity contribution in [3.05, 3.63) is 89.5 Å². The van der Waals surface area contributed by atoms with Gasteiger partial charge < -0.3 is 14.8 Å². The second-order valence-corrected chi connectivity index (χ2v) is 6.88. The number of amides is 3. The van der Waals surface area contributed by atoms with E-state index in [1.165, 1.54) is 7.11 Å². The molecule has 0 aromatic heterocycles. The van der Waals surface area contributed by atoms with Crippen molar-refractivity contribution >= 4 is 35.1 Å². The summed E-state index contributed by atoms with van der Waals surface area (Å²) in [6.45, 7) is -0.207. The zero-order chi connectivity index (χ0) is 22.7. The molecule has 8 heteroatoms. The molecule has 1 N–H and O–H groups in total. The number of esters is 1. The zero-order valence-electron chi connectivity index (χ0n) is 17.0. The van der Waals surface area contributed by atoms with Crippen LogP contribution in [0.3, 0.4) is 0 Å². The number of rotatable bonds is 6. The second-order valence-electron chi connectivity index (χ2n) is 6.88. The fraction of sp³-hybridized carbons (Fsp3) is 0.0833. The van der Waals surface area contributed by atoms with Crippen LogP contribution in [0.4, 0.5) is 11.4 Å². The predicted octanol–water partition coefficient (Wildman–Crippen LogP) is 3.29. The third-order valence-electron chi connectivity index (χ3n) is 4.88. The van der Waals surface area contributed by atoms with Gasteiger partial charge in [0.05, 0.1) is 23.9 Å². The summed E-state index contributed by atoms with van der Waals surface area (Å²) in [6.07, 6.45) is 0. The highest BCUT2D eigenvalue weighted by Crippen LogP contribution is 2.28. The number of ether oxygens (including phenoxy) is 2. The van der Waals surface area contributed by atoms with Gasteiger partial charge in [0.2, 0.25) is 0 Å². The fourth-order valence-electron chi connectivity index (χ4n) is 3.22. The van der Waals surface area contributed by atoms with Crippen molar-refractivity contribution in [3.63, 3.8) is 0 Å². The minimum atomic E-state index is -0.493. The van der Waals surface area contributed by atoms with Crippen LogP contribution in [0.5, 0.6) is 5.75 Å². The van der Waals surface area contributed by atoms with Gasteiger partial charge in [0.1, 0.15) is 5.75 Å². The first-order valence-electron chi connectivity index (χ1n) is 9.67. The number of nitrogens with zero attached hydrogens (tertiary/aromatic N) is 1. The number of carbonyl (C=O) groups excluding carboxylic acids is 4. The molecule has 3 aromatic rings. The van der Waals surface area contributed by atoms with Crippen molar-refractivity contribution < 1.29 is 28.7 Å². The van der Waals surface area contributed by atoms with Crippen molar-refractivity contribution in [1.29, 1.82) is 0 Å². The molecule has 1 aliphatic rings. The van der Waals surface area contributed by atoms with E-state index < -0.39 is 17.8 Å². The Bertz CT molecular complexity index is 1170. The summed E-state index contributed by atoms with van der Waals surface area (Å²) in [4.78, 5) is 49.9. The largest absolute Gasteiger partial charge is 0.482 e. The molecule has 1 heterocycles. The first-order valence-corrected chi connectivity index (χ1v) is 9.67. The molecular formula is C24H18N2O6. The summed E-state index contributed by atoms with van der Waals surface area (Å²) in [6, 6.07) is 19.3. The van der Waals surface area contributed by atoms with E-state index in [4.69, 9.17) is 4.74 Å². The quantitative estimate of drug-likeness (QED) is 0.476. The number of carbonyl (C=O) groups is 4. The minimum Gasteiger partial charge on any atom is -0.482 e. The molecule has 32 heavy (non-hydrogen) atoms. The van der Waals surface area contributed by atoms with Gasteiger partial charge in [-0.2, -0.15) is 0 Å². The number of methoxy groups -OCH3 is 1. The maximum absolute atomic E-state index is 12.6. The standard InChI is InChI=1S/C24H18N2O6/c1-31-21(27)14-32-18-12-8-16(9-13-18)25-22(28)15-6-10-17(11-7-15)26-23(29)19-4-2-3-5-20(19)24(26)30/h2-13H,14H2,1H3,(H,25,28). The Labute approximate surface area is 183 Å². The Balaban J connectivity index is 1.41.